The first-order valence-electron chi connectivity index (χ1n) is 8.89. The summed E-state index contributed by atoms with van der Waals surface area (Å²) in [7, 11) is 0. The zero-order valence-electron chi connectivity index (χ0n) is 14.8. The number of aromatic nitrogens is 1. The normalized spacial score (nSPS) is 23.1. The van der Waals surface area contributed by atoms with Gasteiger partial charge < -0.3 is 10.1 Å². The number of nitrogens with zero attached hydrogens (tertiary/aromatic N) is 1. The minimum absolute atomic E-state index is 0.0581. The van der Waals surface area contributed by atoms with Gasteiger partial charge in [-0.3, -0.25) is 4.98 Å². The zero-order valence-corrected chi connectivity index (χ0v) is 14.8. The molecule has 1 aliphatic rings. The fourth-order valence-corrected chi connectivity index (χ4v) is 3.94. The monoisotopic (exact) mass is 324 g/mol. The van der Waals surface area contributed by atoms with Crippen LogP contribution in [0.4, 0.5) is 0 Å². The van der Waals surface area contributed by atoms with Gasteiger partial charge >= 0.3 is 0 Å². The van der Waals surface area contributed by atoms with Crippen LogP contribution in [0.15, 0.2) is 54.9 Å². The zero-order chi connectivity index (χ0) is 16.9. The molecule has 0 aliphatic carbocycles. The predicted molar refractivity (Wildman–Crippen MR) is 97.9 cm³/mol. The summed E-state index contributed by atoms with van der Waals surface area (Å²) in [6, 6.07) is 15.1. The first kappa shape index (κ1) is 17.1. The van der Waals surface area contributed by atoms with E-state index in [4.69, 9.17) is 4.74 Å². The standard InChI is InChI=1S/C21H28N2O/c1-20(2)17-21(11-14-24-20,19-8-4-3-5-9-19)10-13-23-16-18-7-6-12-22-15-18/h3-9,12,15,23H,10-11,13-14,16-17H2,1-2H3. The van der Waals surface area contributed by atoms with Crippen molar-refractivity contribution in [2.75, 3.05) is 13.2 Å². The average Bonchev–Trinajstić information content (AvgIpc) is 2.60. The molecule has 1 aromatic heterocycles. The Morgan fingerprint density at radius 3 is 2.67 bits per heavy atom. The Morgan fingerprint density at radius 1 is 1.12 bits per heavy atom. The quantitative estimate of drug-likeness (QED) is 0.813. The summed E-state index contributed by atoms with van der Waals surface area (Å²) >= 11 is 0. The van der Waals surface area contributed by atoms with Crippen molar-refractivity contribution in [3.05, 3.63) is 66.0 Å². The number of pyridine rings is 1. The van der Waals surface area contributed by atoms with E-state index in [9.17, 15) is 0 Å². The molecule has 1 atom stereocenters. The molecule has 2 aromatic rings. The third-order valence-electron chi connectivity index (χ3n) is 5.06. The van der Waals surface area contributed by atoms with Crippen molar-refractivity contribution < 1.29 is 4.74 Å². The second-order valence-corrected chi connectivity index (χ2v) is 7.47. The number of hydrogen-bond donors (Lipinski definition) is 1. The van der Waals surface area contributed by atoms with Crippen LogP contribution in [-0.2, 0) is 16.7 Å². The van der Waals surface area contributed by atoms with E-state index in [1.807, 2.05) is 18.5 Å². The fraction of sp³-hybridized carbons (Fsp3) is 0.476. The molecule has 1 aromatic carbocycles. The highest BCUT2D eigenvalue weighted by Crippen LogP contribution is 2.43. The lowest BCUT2D eigenvalue weighted by atomic mass is 9.67. The van der Waals surface area contributed by atoms with Crippen LogP contribution >= 0.6 is 0 Å². The molecular formula is C21H28N2O. The van der Waals surface area contributed by atoms with E-state index in [-0.39, 0.29) is 11.0 Å². The summed E-state index contributed by atoms with van der Waals surface area (Å²) in [4.78, 5) is 4.18. The Morgan fingerprint density at radius 2 is 1.96 bits per heavy atom. The molecule has 1 N–H and O–H groups in total. The molecule has 0 amide bonds. The van der Waals surface area contributed by atoms with Gasteiger partial charge in [0.25, 0.3) is 0 Å². The summed E-state index contributed by atoms with van der Waals surface area (Å²) in [5.41, 5.74) is 2.82. The maximum absolute atomic E-state index is 5.99. The van der Waals surface area contributed by atoms with Crippen molar-refractivity contribution in [3.63, 3.8) is 0 Å². The van der Waals surface area contributed by atoms with Crippen LogP contribution in [0.2, 0.25) is 0 Å². The maximum Gasteiger partial charge on any atom is 0.0635 e. The van der Waals surface area contributed by atoms with Gasteiger partial charge in [0.15, 0.2) is 0 Å². The smallest absolute Gasteiger partial charge is 0.0635 e. The number of benzene rings is 1. The third-order valence-corrected chi connectivity index (χ3v) is 5.06. The number of ether oxygens (including phenoxy) is 1. The Balaban J connectivity index is 1.67. The second-order valence-electron chi connectivity index (χ2n) is 7.47. The van der Waals surface area contributed by atoms with E-state index in [1.165, 1.54) is 11.1 Å². The first-order chi connectivity index (χ1) is 11.6. The number of rotatable bonds is 6. The van der Waals surface area contributed by atoms with Crippen LogP contribution in [0.5, 0.6) is 0 Å². The van der Waals surface area contributed by atoms with Gasteiger partial charge in [-0.1, -0.05) is 36.4 Å². The average molecular weight is 324 g/mol. The van der Waals surface area contributed by atoms with Gasteiger partial charge in [-0.25, -0.2) is 0 Å². The lowest BCUT2D eigenvalue weighted by molar-refractivity contribution is -0.0840. The molecule has 3 nitrogen and oxygen atoms in total. The number of nitrogens with one attached hydrogen (secondary N) is 1. The van der Waals surface area contributed by atoms with Crippen molar-refractivity contribution in [1.29, 1.82) is 0 Å². The molecule has 2 heterocycles. The van der Waals surface area contributed by atoms with Gasteiger partial charge in [0.1, 0.15) is 0 Å². The van der Waals surface area contributed by atoms with Gasteiger partial charge in [0, 0.05) is 31.0 Å². The molecule has 1 fully saturated rings. The largest absolute Gasteiger partial charge is 0.376 e. The molecule has 0 saturated carbocycles. The predicted octanol–water partition coefficient (Wildman–Crippen LogP) is 4.09. The third kappa shape index (κ3) is 4.22. The van der Waals surface area contributed by atoms with Crippen molar-refractivity contribution in [2.24, 2.45) is 0 Å². The molecule has 24 heavy (non-hydrogen) atoms. The summed E-state index contributed by atoms with van der Waals surface area (Å²) in [6.07, 6.45) is 7.03. The van der Waals surface area contributed by atoms with Crippen molar-refractivity contribution in [2.45, 2.75) is 50.7 Å². The Hall–Kier alpha value is -1.71. The van der Waals surface area contributed by atoms with Crippen molar-refractivity contribution >= 4 is 0 Å². The van der Waals surface area contributed by atoms with Crippen molar-refractivity contribution in [1.82, 2.24) is 10.3 Å². The number of hydrogen-bond acceptors (Lipinski definition) is 3. The minimum atomic E-state index is -0.0581. The SMILES string of the molecule is CC1(C)CC(CCNCc2cccnc2)(c2ccccc2)CCO1. The van der Waals surface area contributed by atoms with Crippen LogP contribution < -0.4 is 5.32 Å². The van der Waals surface area contributed by atoms with Crippen LogP contribution in [0.1, 0.15) is 44.2 Å². The van der Waals surface area contributed by atoms with Crippen LogP contribution in [0.3, 0.4) is 0 Å². The molecule has 1 aliphatic heterocycles. The highest BCUT2D eigenvalue weighted by molar-refractivity contribution is 5.27. The molecule has 0 spiro atoms. The van der Waals surface area contributed by atoms with E-state index in [1.54, 1.807) is 0 Å². The molecule has 128 valence electrons. The molecular weight excluding hydrogens is 296 g/mol. The van der Waals surface area contributed by atoms with Gasteiger partial charge in [0.2, 0.25) is 0 Å². The van der Waals surface area contributed by atoms with Crippen LogP contribution in [0.25, 0.3) is 0 Å². The maximum atomic E-state index is 5.99. The van der Waals surface area contributed by atoms with Gasteiger partial charge in [0.05, 0.1) is 5.60 Å². The molecule has 0 bridgehead atoms. The Kier molecular flexibility index (Phi) is 5.32. The van der Waals surface area contributed by atoms with Crippen LogP contribution in [0, 0.1) is 0 Å². The van der Waals surface area contributed by atoms with E-state index >= 15 is 0 Å². The van der Waals surface area contributed by atoms with E-state index in [0.29, 0.717) is 0 Å². The summed E-state index contributed by atoms with van der Waals surface area (Å²) in [5, 5.41) is 3.59. The van der Waals surface area contributed by atoms with Gasteiger partial charge in [-0.15, -0.1) is 0 Å². The lowest BCUT2D eigenvalue weighted by Crippen LogP contribution is -2.45. The summed E-state index contributed by atoms with van der Waals surface area (Å²) in [5.74, 6) is 0. The van der Waals surface area contributed by atoms with Gasteiger partial charge in [-0.2, -0.15) is 0 Å². The topological polar surface area (TPSA) is 34.2 Å². The summed E-state index contributed by atoms with van der Waals surface area (Å²) in [6.45, 7) is 7.14. The fourth-order valence-electron chi connectivity index (χ4n) is 3.94. The van der Waals surface area contributed by atoms with Crippen molar-refractivity contribution in [3.8, 4) is 0 Å². The molecule has 1 saturated heterocycles. The second kappa shape index (κ2) is 7.45. The highest BCUT2D eigenvalue weighted by atomic mass is 16.5. The lowest BCUT2D eigenvalue weighted by Gasteiger charge is -2.45. The molecule has 0 radical (unpaired) electrons. The van der Waals surface area contributed by atoms with Crippen LogP contribution in [-0.4, -0.2) is 23.7 Å². The minimum Gasteiger partial charge on any atom is -0.376 e. The first-order valence-corrected chi connectivity index (χ1v) is 8.89. The van der Waals surface area contributed by atoms with E-state index < -0.39 is 0 Å². The summed E-state index contributed by atoms with van der Waals surface area (Å²) < 4.78 is 5.99. The molecule has 1 unspecified atom stereocenters. The Bertz CT molecular complexity index is 627. The molecule has 3 rings (SSSR count). The van der Waals surface area contributed by atoms with Gasteiger partial charge in [-0.05, 0) is 56.8 Å². The highest BCUT2D eigenvalue weighted by Gasteiger charge is 2.41. The Labute approximate surface area is 145 Å². The van der Waals surface area contributed by atoms with E-state index in [0.717, 1.165) is 39.0 Å². The van der Waals surface area contributed by atoms with E-state index in [2.05, 4.69) is 60.5 Å². The molecule has 3 heteroatoms.